The Labute approximate surface area is 164 Å². The van der Waals surface area contributed by atoms with Gasteiger partial charge in [0.25, 0.3) is 0 Å². The molecule has 0 aromatic heterocycles. The molecule has 1 aromatic carbocycles. The molecule has 8 nitrogen and oxygen atoms in total. The number of benzene rings is 1. The van der Waals surface area contributed by atoms with Gasteiger partial charge in [-0.1, -0.05) is 30.3 Å². The van der Waals surface area contributed by atoms with E-state index in [0.717, 1.165) is 5.56 Å². The molecule has 28 heavy (non-hydrogen) atoms. The largest absolute Gasteiger partial charge is 0.463 e. The number of carbonyl (C=O) groups is 3. The van der Waals surface area contributed by atoms with E-state index in [-0.39, 0.29) is 13.2 Å². The highest BCUT2D eigenvalue weighted by molar-refractivity contribution is 5.67. The van der Waals surface area contributed by atoms with Crippen molar-refractivity contribution in [3.05, 3.63) is 35.9 Å². The number of hydrogen-bond donors (Lipinski definition) is 0. The van der Waals surface area contributed by atoms with Gasteiger partial charge in [-0.15, -0.1) is 0 Å². The highest BCUT2D eigenvalue weighted by Crippen LogP contribution is 2.29. The Kier molecular flexibility index (Phi) is 7.95. The van der Waals surface area contributed by atoms with E-state index in [9.17, 15) is 14.4 Å². The van der Waals surface area contributed by atoms with E-state index in [1.165, 1.54) is 20.8 Å². The Morgan fingerprint density at radius 1 is 0.893 bits per heavy atom. The van der Waals surface area contributed by atoms with E-state index < -0.39 is 48.4 Å². The van der Waals surface area contributed by atoms with Crippen molar-refractivity contribution in [1.82, 2.24) is 0 Å². The van der Waals surface area contributed by atoms with Crippen molar-refractivity contribution in [3.8, 4) is 0 Å². The molecule has 0 radical (unpaired) electrons. The third-order valence-electron chi connectivity index (χ3n) is 4.21. The fraction of sp³-hybridized carbons (Fsp3) is 0.550. The first-order valence-electron chi connectivity index (χ1n) is 9.06. The summed E-state index contributed by atoms with van der Waals surface area (Å²) >= 11 is 0. The Morgan fingerprint density at radius 2 is 1.50 bits per heavy atom. The number of carbonyl (C=O) groups excluding carboxylic acids is 3. The molecule has 1 fully saturated rings. The van der Waals surface area contributed by atoms with E-state index in [1.807, 2.05) is 30.3 Å². The van der Waals surface area contributed by atoms with Gasteiger partial charge in [0.15, 0.2) is 12.2 Å². The molecule has 0 spiro atoms. The Balaban J connectivity index is 2.26. The number of esters is 3. The number of rotatable bonds is 7. The molecule has 2 rings (SSSR count). The van der Waals surface area contributed by atoms with Crippen molar-refractivity contribution in [2.75, 3.05) is 6.61 Å². The normalized spacial score (nSPS) is 26.9. The van der Waals surface area contributed by atoms with Gasteiger partial charge in [-0.2, -0.15) is 0 Å². The van der Waals surface area contributed by atoms with Crippen LogP contribution in [0.4, 0.5) is 0 Å². The van der Waals surface area contributed by atoms with E-state index >= 15 is 0 Å². The third kappa shape index (κ3) is 6.31. The van der Waals surface area contributed by atoms with Crippen LogP contribution in [-0.2, 0) is 44.7 Å². The zero-order valence-electron chi connectivity index (χ0n) is 16.5. The zero-order chi connectivity index (χ0) is 20.7. The summed E-state index contributed by atoms with van der Waals surface area (Å²) in [6, 6.07) is 9.42. The molecule has 8 heteroatoms. The Morgan fingerprint density at radius 3 is 2.07 bits per heavy atom. The van der Waals surface area contributed by atoms with Crippen LogP contribution in [0, 0.1) is 0 Å². The van der Waals surface area contributed by atoms with Gasteiger partial charge in [0, 0.05) is 20.8 Å². The van der Waals surface area contributed by atoms with Crippen molar-refractivity contribution >= 4 is 17.9 Å². The quantitative estimate of drug-likeness (QED) is 0.510. The molecule has 0 bridgehead atoms. The molecule has 5 unspecified atom stereocenters. The molecule has 154 valence electrons. The molecule has 1 saturated heterocycles. The van der Waals surface area contributed by atoms with Crippen LogP contribution in [0.2, 0.25) is 0 Å². The molecular weight excluding hydrogens is 368 g/mol. The van der Waals surface area contributed by atoms with Crippen molar-refractivity contribution in [1.29, 1.82) is 0 Å². The molecule has 1 heterocycles. The van der Waals surface area contributed by atoms with Crippen molar-refractivity contribution in [2.45, 2.75) is 64.8 Å². The third-order valence-corrected chi connectivity index (χ3v) is 4.21. The molecule has 0 aliphatic carbocycles. The van der Waals surface area contributed by atoms with Crippen LogP contribution in [-0.4, -0.2) is 55.0 Å². The summed E-state index contributed by atoms with van der Waals surface area (Å²) < 4.78 is 27.7. The van der Waals surface area contributed by atoms with Crippen molar-refractivity contribution < 1.29 is 38.1 Å². The maximum atomic E-state index is 11.7. The summed E-state index contributed by atoms with van der Waals surface area (Å²) in [5.74, 6) is -1.54. The first-order chi connectivity index (χ1) is 13.3. The van der Waals surface area contributed by atoms with E-state index in [1.54, 1.807) is 6.92 Å². The molecule has 0 saturated carbocycles. The van der Waals surface area contributed by atoms with Gasteiger partial charge in [0.2, 0.25) is 0 Å². The van der Waals surface area contributed by atoms with Gasteiger partial charge < -0.3 is 23.7 Å². The van der Waals surface area contributed by atoms with Gasteiger partial charge in [0.05, 0.1) is 12.7 Å². The van der Waals surface area contributed by atoms with Crippen LogP contribution < -0.4 is 0 Å². The summed E-state index contributed by atoms with van der Waals surface area (Å²) in [6.07, 6.45) is -3.81. The first-order valence-corrected chi connectivity index (χ1v) is 9.06. The Hall–Kier alpha value is -2.45. The minimum absolute atomic E-state index is 0.115. The second kappa shape index (κ2) is 10.2. The van der Waals surface area contributed by atoms with Crippen LogP contribution in [0.3, 0.4) is 0 Å². The maximum absolute atomic E-state index is 11.7. The second-order valence-electron chi connectivity index (χ2n) is 6.59. The highest BCUT2D eigenvalue weighted by atomic mass is 16.6. The minimum Gasteiger partial charge on any atom is -0.463 e. The summed E-state index contributed by atoms with van der Waals surface area (Å²) in [4.78, 5) is 34.5. The fourth-order valence-electron chi connectivity index (χ4n) is 3.08. The summed E-state index contributed by atoms with van der Waals surface area (Å²) in [5.41, 5.74) is 0.904. The smallest absolute Gasteiger partial charge is 0.303 e. The first kappa shape index (κ1) is 21.8. The standard InChI is InChI=1S/C20H26O8/c1-12-18(27-14(3)22)20(25-10-16-8-6-5-7-9-16)19(28-15(4)23)17(26-12)11-24-13(2)21/h5-9,12,17-20H,10-11H2,1-4H3. The second-order valence-corrected chi connectivity index (χ2v) is 6.59. The lowest BCUT2D eigenvalue weighted by atomic mass is 9.95. The van der Waals surface area contributed by atoms with Crippen molar-refractivity contribution in [3.63, 3.8) is 0 Å². The van der Waals surface area contributed by atoms with Gasteiger partial charge in [0.1, 0.15) is 18.8 Å². The number of hydrogen-bond acceptors (Lipinski definition) is 8. The molecule has 1 aliphatic rings. The number of ether oxygens (including phenoxy) is 5. The zero-order valence-corrected chi connectivity index (χ0v) is 16.5. The average Bonchev–Trinajstić information content (AvgIpc) is 2.62. The highest BCUT2D eigenvalue weighted by Gasteiger charge is 2.49. The molecular formula is C20H26O8. The van der Waals surface area contributed by atoms with Crippen molar-refractivity contribution in [2.24, 2.45) is 0 Å². The SMILES string of the molecule is CC(=O)OCC1OC(C)C(OC(C)=O)C(OCc2ccccc2)C1OC(C)=O. The van der Waals surface area contributed by atoms with E-state index in [4.69, 9.17) is 23.7 Å². The fourth-order valence-corrected chi connectivity index (χ4v) is 3.08. The molecule has 0 amide bonds. The predicted molar refractivity (Wildman–Crippen MR) is 97.1 cm³/mol. The lowest BCUT2D eigenvalue weighted by molar-refractivity contribution is -0.254. The van der Waals surface area contributed by atoms with Crippen LogP contribution >= 0.6 is 0 Å². The average molecular weight is 394 g/mol. The van der Waals surface area contributed by atoms with Gasteiger partial charge in [-0.25, -0.2) is 0 Å². The predicted octanol–water partition coefficient (Wildman–Crippen LogP) is 1.79. The van der Waals surface area contributed by atoms with E-state index in [2.05, 4.69) is 0 Å². The van der Waals surface area contributed by atoms with Gasteiger partial charge >= 0.3 is 17.9 Å². The molecule has 5 atom stereocenters. The summed E-state index contributed by atoms with van der Waals surface area (Å²) in [5, 5.41) is 0. The van der Waals surface area contributed by atoms with Crippen LogP contribution in [0.1, 0.15) is 33.3 Å². The maximum Gasteiger partial charge on any atom is 0.303 e. The minimum atomic E-state index is -0.916. The lowest BCUT2D eigenvalue weighted by Gasteiger charge is -2.44. The van der Waals surface area contributed by atoms with Crippen LogP contribution in [0.25, 0.3) is 0 Å². The molecule has 0 N–H and O–H groups in total. The van der Waals surface area contributed by atoms with E-state index in [0.29, 0.717) is 0 Å². The topological polar surface area (TPSA) is 97.4 Å². The monoisotopic (exact) mass is 394 g/mol. The van der Waals surface area contributed by atoms with Gasteiger partial charge in [-0.05, 0) is 12.5 Å². The molecule has 1 aromatic rings. The van der Waals surface area contributed by atoms with Gasteiger partial charge in [-0.3, -0.25) is 14.4 Å². The summed E-state index contributed by atoms with van der Waals surface area (Å²) in [7, 11) is 0. The summed E-state index contributed by atoms with van der Waals surface area (Å²) in [6.45, 7) is 5.64. The Bertz CT molecular complexity index is 674. The molecule has 1 aliphatic heterocycles. The van der Waals surface area contributed by atoms with Crippen LogP contribution in [0.15, 0.2) is 30.3 Å². The lowest BCUT2D eigenvalue weighted by Crippen LogP contribution is -2.61. The van der Waals surface area contributed by atoms with Crippen LogP contribution in [0.5, 0.6) is 0 Å².